The highest BCUT2D eigenvalue weighted by Gasteiger charge is 2.37. The number of methoxy groups -OCH3 is 2. The molecular weight excluding hydrogens is 885 g/mol. The number of hydrogen-bond acceptors (Lipinski definition) is 21. The summed E-state index contributed by atoms with van der Waals surface area (Å²) in [5.41, 5.74) is 0.960. The SMILES string of the molecule is C=C(C)C(=O)OCCOC#N.C=C(O)OC(=O)C(=C)C.C=C(OC(=O)NCCOC(=O)C(=C)C)OC(=O)C(=C)C.COCCC[Si](OC)(OC)OC.COCCC[Si](OC)(OC)OC. The van der Waals surface area contributed by atoms with Crippen LogP contribution in [0.3, 0.4) is 0 Å². The van der Waals surface area contributed by atoms with Crippen molar-refractivity contribution in [2.24, 2.45) is 0 Å². The molecule has 1 amide bonds. The molecule has 0 aromatic rings. The summed E-state index contributed by atoms with van der Waals surface area (Å²) < 4.78 is 68.0. The number of rotatable bonds is 27. The summed E-state index contributed by atoms with van der Waals surface area (Å²) in [5, 5.41) is 18.5. The molecule has 22 nitrogen and oxygen atoms in total. The Bertz CT molecular complexity index is 1450. The van der Waals surface area contributed by atoms with Crippen LogP contribution in [0.1, 0.15) is 40.5 Å². The molecule has 0 aromatic heterocycles. The van der Waals surface area contributed by atoms with Crippen LogP contribution >= 0.6 is 0 Å². The fourth-order valence-corrected chi connectivity index (χ4v) is 6.67. The lowest BCUT2D eigenvalue weighted by molar-refractivity contribution is -0.140. The van der Waals surface area contributed by atoms with E-state index in [4.69, 9.17) is 51.1 Å². The van der Waals surface area contributed by atoms with Crippen molar-refractivity contribution in [3.8, 4) is 6.26 Å². The van der Waals surface area contributed by atoms with E-state index in [9.17, 15) is 24.0 Å². The molecule has 64 heavy (non-hydrogen) atoms. The van der Waals surface area contributed by atoms with Crippen molar-refractivity contribution in [3.63, 3.8) is 0 Å². The third-order valence-electron chi connectivity index (χ3n) is 6.63. The van der Waals surface area contributed by atoms with Gasteiger partial charge in [-0.3, -0.25) is 0 Å². The van der Waals surface area contributed by atoms with Crippen LogP contribution in [0.4, 0.5) is 4.79 Å². The summed E-state index contributed by atoms with van der Waals surface area (Å²) in [6.45, 7) is 27.1. The second-order valence-corrected chi connectivity index (χ2v) is 18.2. The number of nitrogens with one attached hydrogen (secondary N) is 1. The van der Waals surface area contributed by atoms with Gasteiger partial charge in [0.1, 0.15) is 19.8 Å². The van der Waals surface area contributed by atoms with E-state index < -0.39 is 59.5 Å². The quantitative estimate of drug-likeness (QED) is 0.0209. The van der Waals surface area contributed by atoms with Crippen LogP contribution in [0.25, 0.3) is 0 Å². The predicted molar refractivity (Wildman–Crippen MR) is 236 cm³/mol. The van der Waals surface area contributed by atoms with Crippen molar-refractivity contribution in [3.05, 3.63) is 73.7 Å². The standard InChI is InChI=1S/C13H17NO6.C7H9NO3.2C7H18O4Si.C6H8O3/c1-8(2)11(15)18-7-6-14-13(17)20-10(5)19-12(16)9(3)4;1-6(2)7(9)11-4-3-10-5-8;2*1-8-6-5-7-12(9-2,10-3)11-4;1-4(2)6(8)9-5(3)7/h1,3,5-7H2,2,4H3,(H,14,17);1,3-4H2,2H3;2*5-7H2,1-4H3;7H,1,3H2,2H3. The molecule has 0 atom stereocenters. The number of nitrogens with zero attached hydrogens (tertiary/aromatic N) is 1. The van der Waals surface area contributed by atoms with Gasteiger partial charge in [0.25, 0.3) is 18.1 Å². The Labute approximate surface area is 379 Å². The predicted octanol–water partition coefficient (Wildman–Crippen LogP) is 4.96. The van der Waals surface area contributed by atoms with Gasteiger partial charge >= 0.3 is 47.6 Å². The summed E-state index contributed by atoms with van der Waals surface area (Å²) in [7, 11) is 8.39. The van der Waals surface area contributed by atoms with E-state index in [1.165, 1.54) is 27.0 Å². The molecule has 0 aliphatic carbocycles. The average molecular weight is 955 g/mol. The normalized spacial score (nSPS) is 9.86. The van der Waals surface area contributed by atoms with E-state index in [0.717, 1.165) is 24.9 Å². The van der Waals surface area contributed by atoms with Gasteiger partial charge < -0.3 is 74.9 Å². The third-order valence-corrected chi connectivity index (χ3v) is 12.3. The van der Waals surface area contributed by atoms with Crippen molar-refractivity contribution in [2.75, 3.05) is 96.5 Å². The number of ether oxygens (including phenoxy) is 8. The summed E-state index contributed by atoms with van der Waals surface area (Å²) in [6, 6.07) is 1.59. The van der Waals surface area contributed by atoms with Crippen molar-refractivity contribution in [1.82, 2.24) is 5.32 Å². The largest absolute Gasteiger partial charge is 0.500 e. The van der Waals surface area contributed by atoms with Crippen LogP contribution in [0.5, 0.6) is 0 Å². The molecule has 0 saturated carbocycles. The molecular formula is C40H70N2O20Si2. The van der Waals surface area contributed by atoms with Crippen LogP contribution in [0.15, 0.2) is 73.7 Å². The van der Waals surface area contributed by atoms with Crippen LogP contribution in [0, 0.1) is 11.5 Å². The highest BCUT2D eigenvalue weighted by molar-refractivity contribution is 6.60. The van der Waals surface area contributed by atoms with Gasteiger partial charge in [0.15, 0.2) is 0 Å². The van der Waals surface area contributed by atoms with E-state index in [1.54, 1.807) is 63.8 Å². The Morgan fingerprint density at radius 1 is 0.531 bits per heavy atom. The molecule has 0 aliphatic heterocycles. The maximum Gasteiger partial charge on any atom is 0.500 e. The fraction of sp³-hybridized carbons (Fsp3) is 0.550. The minimum absolute atomic E-state index is 0.0273. The van der Waals surface area contributed by atoms with Crippen molar-refractivity contribution in [2.45, 2.75) is 52.6 Å². The van der Waals surface area contributed by atoms with Crippen LogP contribution < -0.4 is 5.32 Å². The highest BCUT2D eigenvalue weighted by Crippen LogP contribution is 2.15. The van der Waals surface area contributed by atoms with Crippen LogP contribution in [0.2, 0.25) is 12.1 Å². The number of amides is 1. The first-order valence-electron chi connectivity index (χ1n) is 18.7. The van der Waals surface area contributed by atoms with Crippen LogP contribution in [-0.4, -0.2) is 149 Å². The summed E-state index contributed by atoms with van der Waals surface area (Å²) in [6.07, 6.45) is 2.37. The molecule has 0 spiro atoms. The van der Waals surface area contributed by atoms with Crippen molar-refractivity contribution < 1.29 is 93.5 Å². The lowest BCUT2D eigenvalue weighted by Gasteiger charge is -2.23. The van der Waals surface area contributed by atoms with Crippen molar-refractivity contribution >= 4 is 47.6 Å². The second kappa shape index (κ2) is 43.1. The molecule has 0 rings (SSSR count). The lowest BCUT2D eigenvalue weighted by atomic mass is 10.4. The Balaban J connectivity index is -0.000000234. The van der Waals surface area contributed by atoms with E-state index in [-0.39, 0.29) is 43.1 Å². The number of aliphatic hydroxyl groups is 1. The third kappa shape index (κ3) is 40.8. The molecule has 24 heteroatoms. The first kappa shape index (κ1) is 67.9. The van der Waals surface area contributed by atoms with Gasteiger partial charge in [0, 0.05) is 104 Å². The Morgan fingerprint density at radius 3 is 1.19 bits per heavy atom. The first-order valence-corrected chi connectivity index (χ1v) is 22.5. The van der Waals surface area contributed by atoms with E-state index >= 15 is 0 Å². The number of carbonyl (C=O) groups excluding carboxylic acids is 5. The van der Waals surface area contributed by atoms with Gasteiger partial charge in [0.05, 0.1) is 6.54 Å². The molecule has 0 heterocycles. The molecule has 368 valence electrons. The molecule has 2 N–H and O–H groups in total. The Kier molecular flexibility index (Phi) is 45.7. The number of hydrogen-bond donors (Lipinski definition) is 2. The van der Waals surface area contributed by atoms with E-state index in [0.29, 0.717) is 18.8 Å². The zero-order valence-corrected chi connectivity index (χ0v) is 41.5. The topological polar surface area (TPSA) is 271 Å². The molecule has 0 radical (unpaired) electrons. The second-order valence-electron chi connectivity index (χ2n) is 12.0. The fourth-order valence-electron chi connectivity index (χ4n) is 3.29. The van der Waals surface area contributed by atoms with Gasteiger partial charge in [-0.25, -0.2) is 24.0 Å². The van der Waals surface area contributed by atoms with Crippen LogP contribution in [-0.2, 0) is 83.6 Å². The molecule has 0 saturated heterocycles. The maximum atomic E-state index is 11.2. The van der Waals surface area contributed by atoms with E-state index in [2.05, 4.69) is 68.5 Å². The number of carbonyl (C=O) groups is 5. The van der Waals surface area contributed by atoms with Crippen molar-refractivity contribution in [1.29, 1.82) is 5.26 Å². The highest BCUT2D eigenvalue weighted by atomic mass is 28.4. The molecule has 0 unspecified atom stereocenters. The minimum Gasteiger partial charge on any atom is -0.481 e. The monoisotopic (exact) mass is 954 g/mol. The molecule has 0 bridgehead atoms. The number of esters is 4. The Morgan fingerprint density at radius 2 is 0.891 bits per heavy atom. The molecule has 0 aliphatic rings. The minimum atomic E-state index is -2.33. The smallest absolute Gasteiger partial charge is 0.481 e. The zero-order valence-electron chi connectivity index (χ0n) is 39.5. The average Bonchev–Trinajstić information content (AvgIpc) is 3.25. The van der Waals surface area contributed by atoms with Gasteiger partial charge in [-0.2, -0.15) is 5.26 Å². The zero-order chi connectivity index (χ0) is 50.7. The summed E-state index contributed by atoms with van der Waals surface area (Å²) in [4.78, 5) is 54.4. The lowest BCUT2D eigenvalue weighted by Crippen LogP contribution is -2.42. The summed E-state index contributed by atoms with van der Waals surface area (Å²) in [5.74, 6) is -3.52. The first-order chi connectivity index (χ1) is 29.9. The van der Waals surface area contributed by atoms with Gasteiger partial charge in [-0.1, -0.05) is 26.3 Å². The number of nitriles is 1. The molecule has 0 aromatic carbocycles. The number of alkyl carbamates (subject to hydrolysis) is 1. The number of aliphatic hydroxyl groups excluding tert-OH is 1. The van der Waals surface area contributed by atoms with E-state index in [1.807, 2.05) is 0 Å². The Hall–Kier alpha value is -5.21. The summed E-state index contributed by atoms with van der Waals surface area (Å²) >= 11 is 0. The van der Waals surface area contributed by atoms with Gasteiger partial charge in [-0.05, 0) is 53.7 Å². The maximum absolute atomic E-state index is 11.2. The molecule has 0 fully saturated rings. The van der Waals surface area contributed by atoms with Gasteiger partial charge in [-0.15, -0.1) is 0 Å². The van der Waals surface area contributed by atoms with Gasteiger partial charge in [0.2, 0.25) is 0 Å².